The Balaban J connectivity index is 2.39. The van der Waals surface area contributed by atoms with Crippen LogP contribution in [0, 0.1) is 6.92 Å². The molecule has 2 nitrogen and oxygen atoms in total. The average molecular weight is 227 g/mol. The zero-order chi connectivity index (χ0) is 12.1. The molecule has 0 aromatic heterocycles. The molecule has 0 amide bonds. The summed E-state index contributed by atoms with van der Waals surface area (Å²) < 4.78 is 0. The third-order valence-corrected chi connectivity index (χ3v) is 2.58. The minimum absolute atomic E-state index is 0.642. The molecule has 0 atom stereocenters. The summed E-state index contributed by atoms with van der Waals surface area (Å²) in [5.41, 5.74) is 3.33. The average Bonchev–Trinajstić information content (AvgIpc) is 2.38. The van der Waals surface area contributed by atoms with Crippen LogP contribution in [0.5, 0.6) is 0 Å². The van der Waals surface area contributed by atoms with Gasteiger partial charge >= 0.3 is 0 Å². The summed E-state index contributed by atoms with van der Waals surface area (Å²) in [5, 5.41) is 1.88. The molecule has 0 aliphatic heterocycles. The summed E-state index contributed by atoms with van der Waals surface area (Å²) in [6, 6.07) is 18.3. The molecule has 0 radical (unpaired) electrons. The number of nitrogens with zero attached hydrogens (tertiary/aromatic N) is 1. The van der Waals surface area contributed by atoms with Gasteiger partial charge in [0.25, 0.3) is 0 Å². The summed E-state index contributed by atoms with van der Waals surface area (Å²) in [6.07, 6.45) is 0. The summed E-state index contributed by atoms with van der Waals surface area (Å²) in [6.45, 7) is 4.72. The second-order valence-electron chi connectivity index (χ2n) is 3.83. The van der Waals surface area contributed by atoms with Crippen molar-refractivity contribution in [1.29, 1.82) is 0 Å². The van der Waals surface area contributed by atoms with Gasteiger partial charge in [0.05, 0.1) is 18.0 Å². The van der Waals surface area contributed by atoms with Gasteiger partial charge in [0, 0.05) is 0 Å². The van der Waals surface area contributed by atoms with Crippen molar-refractivity contribution in [2.24, 2.45) is 0 Å². The van der Waals surface area contributed by atoms with E-state index in [0.29, 0.717) is 6.61 Å². The first kappa shape index (κ1) is 11.7. The van der Waals surface area contributed by atoms with Crippen LogP contribution in [0.2, 0.25) is 0 Å². The van der Waals surface area contributed by atoms with E-state index in [-0.39, 0.29) is 0 Å². The predicted octanol–water partition coefficient (Wildman–Crippen LogP) is 4.08. The highest BCUT2D eigenvalue weighted by atomic mass is 16.7. The van der Waals surface area contributed by atoms with Gasteiger partial charge < -0.3 is 0 Å². The zero-order valence-corrected chi connectivity index (χ0v) is 10.3. The molecular formula is C15H17NO. The summed E-state index contributed by atoms with van der Waals surface area (Å²) in [5.74, 6) is 0. The van der Waals surface area contributed by atoms with Gasteiger partial charge in [0.1, 0.15) is 0 Å². The lowest BCUT2D eigenvalue weighted by Gasteiger charge is -2.24. The van der Waals surface area contributed by atoms with Crippen LogP contribution in [0.25, 0.3) is 0 Å². The SMILES string of the molecule is CCON(c1ccccc1)c1ccccc1C. The lowest BCUT2D eigenvalue weighted by atomic mass is 10.2. The number of para-hydroxylation sites is 2. The highest BCUT2D eigenvalue weighted by Gasteiger charge is 2.10. The maximum atomic E-state index is 5.73. The molecule has 0 fully saturated rings. The summed E-state index contributed by atoms with van der Waals surface area (Å²) >= 11 is 0. The monoisotopic (exact) mass is 227 g/mol. The Morgan fingerprint density at radius 1 is 0.941 bits per heavy atom. The van der Waals surface area contributed by atoms with E-state index < -0.39 is 0 Å². The Hall–Kier alpha value is -1.80. The van der Waals surface area contributed by atoms with Crippen LogP contribution in [0.15, 0.2) is 54.6 Å². The molecule has 2 aromatic rings. The normalized spacial score (nSPS) is 10.2. The first-order valence-electron chi connectivity index (χ1n) is 5.86. The van der Waals surface area contributed by atoms with E-state index in [1.165, 1.54) is 5.56 Å². The van der Waals surface area contributed by atoms with E-state index in [4.69, 9.17) is 4.84 Å². The molecule has 0 heterocycles. The number of rotatable bonds is 4. The molecule has 0 aliphatic rings. The fraction of sp³-hybridized carbons (Fsp3) is 0.200. The number of aryl methyl sites for hydroxylation is 1. The van der Waals surface area contributed by atoms with Crippen LogP contribution in [0.3, 0.4) is 0 Å². The van der Waals surface area contributed by atoms with Crippen molar-refractivity contribution in [3.63, 3.8) is 0 Å². The molecule has 0 saturated carbocycles. The topological polar surface area (TPSA) is 12.5 Å². The molecule has 17 heavy (non-hydrogen) atoms. The lowest BCUT2D eigenvalue weighted by molar-refractivity contribution is 0.149. The Kier molecular flexibility index (Phi) is 3.78. The van der Waals surface area contributed by atoms with Crippen molar-refractivity contribution in [2.75, 3.05) is 11.7 Å². The minimum Gasteiger partial charge on any atom is -0.269 e. The van der Waals surface area contributed by atoms with Crippen LogP contribution in [0.1, 0.15) is 12.5 Å². The van der Waals surface area contributed by atoms with E-state index in [2.05, 4.69) is 19.1 Å². The van der Waals surface area contributed by atoms with Crippen molar-refractivity contribution in [3.05, 3.63) is 60.2 Å². The Labute approximate surface area is 102 Å². The zero-order valence-electron chi connectivity index (χ0n) is 10.3. The van der Waals surface area contributed by atoms with Gasteiger partial charge in [-0.1, -0.05) is 36.4 Å². The molecule has 0 aliphatic carbocycles. The number of anilines is 2. The molecule has 88 valence electrons. The maximum absolute atomic E-state index is 5.73. The van der Waals surface area contributed by atoms with Crippen molar-refractivity contribution in [1.82, 2.24) is 0 Å². The van der Waals surface area contributed by atoms with Crippen molar-refractivity contribution in [2.45, 2.75) is 13.8 Å². The van der Waals surface area contributed by atoms with Gasteiger partial charge in [-0.2, -0.15) is 0 Å². The predicted molar refractivity (Wildman–Crippen MR) is 71.4 cm³/mol. The second-order valence-corrected chi connectivity index (χ2v) is 3.83. The molecule has 0 spiro atoms. The van der Waals surface area contributed by atoms with Crippen LogP contribution in [-0.4, -0.2) is 6.61 Å². The van der Waals surface area contributed by atoms with Gasteiger partial charge in [0.2, 0.25) is 0 Å². The summed E-state index contributed by atoms with van der Waals surface area (Å²) in [7, 11) is 0. The third-order valence-electron chi connectivity index (χ3n) is 2.58. The fourth-order valence-electron chi connectivity index (χ4n) is 1.77. The van der Waals surface area contributed by atoms with Crippen molar-refractivity contribution in [3.8, 4) is 0 Å². The van der Waals surface area contributed by atoms with E-state index >= 15 is 0 Å². The van der Waals surface area contributed by atoms with Gasteiger partial charge in [-0.3, -0.25) is 4.84 Å². The number of benzene rings is 2. The molecular weight excluding hydrogens is 210 g/mol. The van der Waals surface area contributed by atoms with Crippen LogP contribution in [0.4, 0.5) is 11.4 Å². The van der Waals surface area contributed by atoms with E-state index in [0.717, 1.165) is 11.4 Å². The largest absolute Gasteiger partial charge is 0.269 e. The highest BCUT2D eigenvalue weighted by molar-refractivity contribution is 5.63. The number of hydrogen-bond donors (Lipinski definition) is 0. The molecule has 0 saturated heterocycles. The maximum Gasteiger partial charge on any atom is 0.0725 e. The Bertz CT molecular complexity index is 467. The molecule has 2 rings (SSSR count). The van der Waals surface area contributed by atoms with E-state index in [9.17, 15) is 0 Å². The van der Waals surface area contributed by atoms with Gasteiger partial charge in [-0.25, -0.2) is 5.06 Å². The molecule has 2 heteroatoms. The lowest BCUT2D eigenvalue weighted by Crippen LogP contribution is -2.18. The smallest absolute Gasteiger partial charge is 0.0725 e. The molecule has 0 N–H and O–H groups in total. The quantitative estimate of drug-likeness (QED) is 0.729. The van der Waals surface area contributed by atoms with Gasteiger partial charge in [-0.05, 0) is 37.6 Å². The Morgan fingerprint density at radius 2 is 1.59 bits per heavy atom. The highest BCUT2D eigenvalue weighted by Crippen LogP contribution is 2.28. The second kappa shape index (κ2) is 5.51. The molecule has 0 bridgehead atoms. The first-order chi connectivity index (χ1) is 8.33. The van der Waals surface area contributed by atoms with Crippen LogP contribution >= 0.6 is 0 Å². The van der Waals surface area contributed by atoms with Crippen molar-refractivity contribution >= 4 is 11.4 Å². The van der Waals surface area contributed by atoms with E-state index in [1.807, 2.05) is 54.5 Å². The van der Waals surface area contributed by atoms with Crippen LogP contribution in [-0.2, 0) is 4.84 Å². The first-order valence-corrected chi connectivity index (χ1v) is 5.86. The van der Waals surface area contributed by atoms with Crippen molar-refractivity contribution < 1.29 is 4.84 Å². The third kappa shape index (κ3) is 2.66. The summed E-state index contributed by atoms with van der Waals surface area (Å²) in [4.78, 5) is 5.73. The molecule has 2 aromatic carbocycles. The van der Waals surface area contributed by atoms with E-state index in [1.54, 1.807) is 0 Å². The minimum atomic E-state index is 0.642. The Morgan fingerprint density at radius 3 is 2.24 bits per heavy atom. The number of hydrogen-bond acceptors (Lipinski definition) is 2. The van der Waals surface area contributed by atoms with Crippen LogP contribution < -0.4 is 5.06 Å². The fourth-order valence-corrected chi connectivity index (χ4v) is 1.77. The van der Waals surface area contributed by atoms with Gasteiger partial charge in [0.15, 0.2) is 0 Å². The standard InChI is InChI=1S/C15H17NO/c1-3-17-16(14-10-5-4-6-11-14)15-12-8-7-9-13(15)2/h4-12H,3H2,1-2H3. The molecule has 0 unspecified atom stereocenters. The van der Waals surface area contributed by atoms with Gasteiger partial charge in [-0.15, -0.1) is 0 Å².